The molecule has 7 heteroatoms. The third-order valence-corrected chi connectivity index (χ3v) is 5.55. The molecule has 2 aromatic rings. The first-order valence-corrected chi connectivity index (χ1v) is 9.19. The largest absolute Gasteiger partial charge is 0.493 e. The summed E-state index contributed by atoms with van der Waals surface area (Å²) in [4.78, 5) is 5.64. The van der Waals surface area contributed by atoms with Gasteiger partial charge in [-0.15, -0.1) is 16.4 Å². The minimum absolute atomic E-state index is 0.0574. The summed E-state index contributed by atoms with van der Waals surface area (Å²) in [5.74, 6) is 1.55. The minimum atomic E-state index is -0.0574. The summed E-state index contributed by atoms with van der Waals surface area (Å²) in [6.07, 6.45) is 3.89. The van der Waals surface area contributed by atoms with Crippen LogP contribution in [0.15, 0.2) is 34.5 Å². The molecule has 6 nitrogen and oxygen atoms in total. The van der Waals surface area contributed by atoms with Gasteiger partial charge >= 0.3 is 0 Å². The number of ether oxygens (including phenoxy) is 1. The first kappa shape index (κ1) is 17.4. The average Bonchev–Trinajstić information content (AvgIpc) is 2.93. The van der Waals surface area contributed by atoms with Crippen LogP contribution in [-0.4, -0.2) is 23.3 Å². The zero-order valence-electron chi connectivity index (χ0n) is 14.5. The molecule has 0 atom stereocenters. The zero-order chi connectivity index (χ0) is 17.8. The van der Waals surface area contributed by atoms with Crippen molar-refractivity contribution in [3.05, 3.63) is 34.8 Å². The van der Waals surface area contributed by atoms with E-state index < -0.39 is 0 Å². The van der Waals surface area contributed by atoms with E-state index in [9.17, 15) is 0 Å². The van der Waals surface area contributed by atoms with Gasteiger partial charge in [0.2, 0.25) is 5.96 Å². The van der Waals surface area contributed by atoms with Gasteiger partial charge in [0.1, 0.15) is 10.8 Å². The van der Waals surface area contributed by atoms with Crippen LogP contribution in [0.25, 0.3) is 10.6 Å². The molecule has 1 aromatic heterocycles. The van der Waals surface area contributed by atoms with Crippen molar-refractivity contribution in [1.29, 1.82) is 0 Å². The van der Waals surface area contributed by atoms with E-state index in [4.69, 9.17) is 16.2 Å². The van der Waals surface area contributed by atoms with Crippen LogP contribution in [0.4, 0.5) is 0 Å². The summed E-state index contributed by atoms with van der Waals surface area (Å²) in [5, 5.41) is 8.69. The predicted octanol–water partition coefficient (Wildman–Crippen LogP) is 3.29. The van der Waals surface area contributed by atoms with Crippen LogP contribution in [-0.2, 0) is 0 Å². The molecule has 1 aromatic carbocycles. The summed E-state index contributed by atoms with van der Waals surface area (Å²) in [5.41, 5.74) is 13.4. The number of aromatic nitrogens is 1. The van der Waals surface area contributed by atoms with Crippen molar-refractivity contribution in [3.8, 4) is 16.3 Å². The molecule has 1 aliphatic rings. The minimum Gasteiger partial charge on any atom is -0.493 e. The number of hydrogen-bond acceptors (Lipinski definition) is 5. The summed E-state index contributed by atoms with van der Waals surface area (Å²) >= 11 is 1.57. The number of guanidine groups is 1. The Balaban J connectivity index is 1.78. The molecule has 1 saturated carbocycles. The lowest BCUT2D eigenvalue weighted by Gasteiger charge is -2.25. The van der Waals surface area contributed by atoms with Crippen molar-refractivity contribution >= 4 is 23.0 Å². The van der Waals surface area contributed by atoms with E-state index in [1.807, 2.05) is 38.1 Å². The first-order chi connectivity index (χ1) is 12.0. The van der Waals surface area contributed by atoms with Crippen LogP contribution in [0, 0.1) is 12.8 Å². The monoisotopic (exact) mass is 357 g/mol. The van der Waals surface area contributed by atoms with Gasteiger partial charge in [0, 0.05) is 5.56 Å². The number of nitrogens with zero attached hydrogens (tertiary/aromatic N) is 3. The predicted molar refractivity (Wildman–Crippen MR) is 103 cm³/mol. The second-order valence-electron chi connectivity index (χ2n) is 6.28. The fraction of sp³-hybridized carbons (Fsp3) is 0.389. The average molecular weight is 357 g/mol. The smallest absolute Gasteiger partial charge is 0.211 e. The van der Waals surface area contributed by atoms with Crippen molar-refractivity contribution in [2.24, 2.45) is 27.6 Å². The second kappa shape index (κ2) is 7.65. The lowest BCUT2D eigenvalue weighted by atomic mass is 9.86. The number of hydrogen-bond donors (Lipinski definition) is 2. The quantitative estimate of drug-likeness (QED) is 0.471. The molecule has 4 N–H and O–H groups in total. The number of aryl methyl sites for hydroxylation is 1. The molecule has 0 unspecified atom stereocenters. The highest BCUT2D eigenvalue weighted by atomic mass is 32.1. The molecule has 1 aliphatic carbocycles. The Labute approximate surface area is 151 Å². The van der Waals surface area contributed by atoms with Crippen LogP contribution in [0.3, 0.4) is 0 Å². The maximum absolute atomic E-state index is 5.93. The van der Waals surface area contributed by atoms with Gasteiger partial charge in [0.05, 0.1) is 22.9 Å². The van der Waals surface area contributed by atoms with E-state index >= 15 is 0 Å². The van der Waals surface area contributed by atoms with Crippen molar-refractivity contribution in [3.63, 3.8) is 0 Å². The molecule has 3 rings (SSSR count). The van der Waals surface area contributed by atoms with Crippen LogP contribution >= 0.6 is 11.3 Å². The molecular weight excluding hydrogens is 334 g/mol. The number of nitrogens with two attached hydrogens (primary N) is 2. The van der Waals surface area contributed by atoms with E-state index in [1.54, 1.807) is 11.3 Å². The third kappa shape index (κ3) is 4.36. The Morgan fingerprint density at radius 3 is 2.80 bits per heavy atom. The SMILES string of the molecule is CC(=NN=C(N)N)c1sc(-c2cccc(OCC3CCC3)c2)nc1C. The van der Waals surface area contributed by atoms with Gasteiger partial charge in [-0.3, -0.25) is 0 Å². The topological polar surface area (TPSA) is 98.9 Å². The molecule has 1 fully saturated rings. The second-order valence-corrected chi connectivity index (χ2v) is 7.28. The number of benzene rings is 1. The molecule has 25 heavy (non-hydrogen) atoms. The van der Waals surface area contributed by atoms with Gasteiger partial charge in [-0.25, -0.2) is 4.98 Å². The van der Waals surface area contributed by atoms with Crippen LogP contribution < -0.4 is 16.2 Å². The Morgan fingerprint density at radius 2 is 2.12 bits per heavy atom. The van der Waals surface area contributed by atoms with Gasteiger partial charge < -0.3 is 16.2 Å². The molecule has 0 spiro atoms. The highest BCUT2D eigenvalue weighted by Gasteiger charge is 2.18. The lowest BCUT2D eigenvalue weighted by molar-refractivity contribution is 0.180. The summed E-state index contributed by atoms with van der Waals surface area (Å²) in [6.45, 7) is 4.63. The fourth-order valence-corrected chi connectivity index (χ4v) is 3.63. The van der Waals surface area contributed by atoms with E-state index in [1.165, 1.54) is 19.3 Å². The number of thiazole rings is 1. The van der Waals surface area contributed by atoms with Gasteiger partial charge in [-0.1, -0.05) is 18.6 Å². The van der Waals surface area contributed by atoms with E-state index in [-0.39, 0.29) is 5.96 Å². The van der Waals surface area contributed by atoms with Crippen molar-refractivity contribution in [2.45, 2.75) is 33.1 Å². The zero-order valence-corrected chi connectivity index (χ0v) is 15.3. The Kier molecular flexibility index (Phi) is 5.33. The maximum Gasteiger partial charge on any atom is 0.211 e. The third-order valence-electron chi connectivity index (χ3n) is 4.23. The molecule has 0 aliphatic heterocycles. The summed E-state index contributed by atoms with van der Waals surface area (Å²) in [6, 6.07) is 8.08. The Hall–Kier alpha value is -2.41. The summed E-state index contributed by atoms with van der Waals surface area (Å²) in [7, 11) is 0. The molecule has 0 bridgehead atoms. The molecule has 1 heterocycles. The van der Waals surface area contributed by atoms with Crippen LogP contribution in [0.5, 0.6) is 5.75 Å². The van der Waals surface area contributed by atoms with Gasteiger partial charge in [-0.05, 0) is 44.7 Å². The fourth-order valence-electron chi connectivity index (χ4n) is 2.63. The van der Waals surface area contributed by atoms with Crippen LogP contribution in [0.2, 0.25) is 0 Å². The Morgan fingerprint density at radius 1 is 1.32 bits per heavy atom. The highest BCUT2D eigenvalue weighted by Crippen LogP contribution is 2.32. The Bertz CT molecular complexity index is 804. The van der Waals surface area contributed by atoms with Gasteiger partial charge in [0.25, 0.3) is 0 Å². The van der Waals surface area contributed by atoms with Gasteiger partial charge in [-0.2, -0.15) is 5.10 Å². The van der Waals surface area contributed by atoms with E-state index in [0.717, 1.165) is 39.2 Å². The first-order valence-electron chi connectivity index (χ1n) is 8.37. The van der Waals surface area contributed by atoms with Crippen molar-refractivity contribution in [2.75, 3.05) is 6.61 Å². The van der Waals surface area contributed by atoms with E-state index in [0.29, 0.717) is 5.92 Å². The molecule has 0 saturated heterocycles. The molecule has 0 amide bonds. The standard InChI is InChI=1S/C18H23N5OS/c1-11-16(12(2)22-23-18(19)20)25-17(21-11)14-7-4-8-15(9-14)24-10-13-5-3-6-13/h4,7-9,13H,3,5-6,10H2,1-2H3,(H4,19,20,23). The molecular formula is C18H23N5OS. The van der Waals surface area contributed by atoms with Crippen molar-refractivity contribution in [1.82, 2.24) is 4.98 Å². The molecule has 132 valence electrons. The lowest BCUT2D eigenvalue weighted by Crippen LogP contribution is -2.22. The van der Waals surface area contributed by atoms with E-state index in [2.05, 4.69) is 15.2 Å². The molecule has 0 radical (unpaired) electrons. The van der Waals surface area contributed by atoms with Gasteiger partial charge in [0.15, 0.2) is 0 Å². The van der Waals surface area contributed by atoms with Crippen molar-refractivity contribution < 1.29 is 4.74 Å². The normalized spacial score (nSPS) is 14.9. The number of rotatable bonds is 6. The highest BCUT2D eigenvalue weighted by molar-refractivity contribution is 7.17. The summed E-state index contributed by atoms with van der Waals surface area (Å²) < 4.78 is 5.93. The van der Waals surface area contributed by atoms with Crippen LogP contribution in [0.1, 0.15) is 36.8 Å². The maximum atomic E-state index is 5.93.